The van der Waals surface area contributed by atoms with Crippen molar-refractivity contribution in [1.29, 1.82) is 0 Å². The highest BCUT2D eigenvalue weighted by Crippen LogP contribution is 2.38. The number of hydrogen-bond donors (Lipinski definition) is 2. The van der Waals surface area contributed by atoms with E-state index >= 15 is 0 Å². The maximum absolute atomic E-state index is 12.2. The second-order valence-electron chi connectivity index (χ2n) is 5.53. The van der Waals surface area contributed by atoms with Crippen molar-refractivity contribution in [2.45, 2.75) is 45.3 Å². The first-order valence-electron chi connectivity index (χ1n) is 6.63. The molecule has 1 aliphatic carbocycles. The number of nitrogens with zero attached hydrogens (tertiary/aromatic N) is 1. The van der Waals surface area contributed by atoms with Crippen LogP contribution in [0.4, 0.5) is 5.69 Å². The van der Waals surface area contributed by atoms with Gasteiger partial charge in [-0.1, -0.05) is 0 Å². The van der Waals surface area contributed by atoms with Crippen molar-refractivity contribution in [2.24, 2.45) is 11.7 Å². The SMILES string of the molecule is CC(C)Oc1ncccc1NC(=O)C(C)(N)C1CC1. The van der Waals surface area contributed by atoms with Gasteiger partial charge in [-0.15, -0.1) is 0 Å². The third-order valence-corrected chi connectivity index (χ3v) is 3.28. The van der Waals surface area contributed by atoms with Gasteiger partial charge in [-0.05, 0) is 51.7 Å². The van der Waals surface area contributed by atoms with Gasteiger partial charge in [0, 0.05) is 6.20 Å². The molecule has 0 spiro atoms. The van der Waals surface area contributed by atoms with Gasteiger partial charge in [0.25, 0.3) is 0 Å². The van der Waals surface area contributed by atoms with Gasteiger partial charge in [0.2, 0.25) is 11.8 Å². The summed E-state index contributed by atoms with van der Waals surface area (Å²) in [7, 11) is 0. The average molecular weight is 263 g/mol. The first kappa shape index (κ1) is 13.8. The van der Waals surface area contributed by atoms with Crippen LogP contribution in [0.3, 0.4) is 0 Å². The molecular formula is C14H21N3O2. The van der Waals surface area contributed by atoms with Crippen LogP contribution in [0.15, 0.2) is 18.3 Å². The number of carbonyl (C=O) groups is 1. The topological polar surface area (TPSA) is 77.2 Å². The second kappa shape index (κ2) is 5.17. The fourth-order valence-electron chi connectivity index (χ4n) is 1.93. The van der Waals surface area contributed by atoms with E-state index in [1.54, 1.807) is 25.3 Å². The van der Waals surface area contributed by atoms with Crippen LogP contribution in [0.2, 0.25) is 0 Å². The number of aromatic nitrogens is 1. The highest BCUT2D eigenvalue weighted by molar-refractivity contribution is 5.99. The van der Waals surface area contributed by atoms with Crippen molar-refractivity contribution in [3.63, 3.8) is 0 Å². The number of amides is 1. The van der Waals surface area contributed by atoms with E-state index in [0.29, 0.717) is 11.6 Å². The first-order chi connectivity index (χ1) is 8.91. The maximum atomic E-state index is 12.2. The molecule has 5 nitrogen and oxygen atoms in total. The number of anilines is 1. The molecule has 1 aromatic heterocycles. The highest BCUT2D eigenvalue weighted by Gasteiger charge is 2.44. The summed E-state index contributed by atoms with van der Waals surface area (Å²) in [5.74, 6) is 0.521. The van der Waals surface area contributed by atoms with E-state index in [1.807, 2.05) is 13.8 Å². The standard InChI is InChI=1S/C14H21N3O2/c1-9(2)19-12-11(5-4-8-16-12)17-13(18)14(3,15)10-6-7-10/h4-5,8-10H,6-7,15H2,1-3H3,(H,17,18). The first-order valence-corrected chi connectivity index (χ1v) is 6.63. The molecule has 1 unspecified atom stereocenters. The lowest BCUT2D eigenvalue weighted by molar-refractivity contribution is -0.121. The van der Waals surface area contributed by atoms with Crippen molar-refractivity contribution in [2.75, 3.05) is 5.32 Å². The summed E-state index contributed by atoms with van der Waals surface area (Å²) < 4.78 is 5.57. The molecule has 0 aliphatic heterocycles. The summed E-state index contributed by atoms with van der Waals surface area (Å²) in [6, 6.07) is 3.53. The number of hydrogen-bond acceptors (Lipinski definition) is 4. The Labute approximate surface area is 113 Å². The van der Waals surface area contributed by atoms with E-state index in [1.165, 1.54) is 0 Å². The molecule has 1 atom stereocenters. The van der Waals surface area contributed by atoms with Crippen LogP contribution in [0, 0.1) is 5.92 Å². The van der Waals surface area contributed by atoms with Gasteiger partial charge in [0.05, 0.1) is 11.6 Å². The number of nitrogens with one attached hydrogen (secondary N) is 1. The lowest BCUT2D eigenvalue weighted by Gasteiger charge is -2.23. The smallest absolute Gasteiger partial charge is 0.244 e. The van der Waals surface area contributed by atoms with E-state index < -0.39 is 5.54 Å². The Kier molecular flexibility index (Phi) is 3.75. The zero-order chi connectivity index (χ0) is 14.0. The van der Waals surface area contributed by atoms with Crippen molar-refractivity contribution in [3.8, 4) is 5.88 Å². The number of ether oxygens (including phenoxy) is 1. The molecule has 1 fully saturated rings. The lowest BCUT2D eigenvalue weighted by Crippen LogP contribution is -2.50. The Hall–Kier alpha value is -1.62. The third kappa shape index (κ3) is 3.23. The monoisotopic (exact) mass is 263 g/mol. The number of pyridine rings is 1. The van der Waals surface area contributed by atoms with Crippen molar-refractivity contribution >= 4 is 11.6 Å². The van der Waals surface area contributed by atoms with E-state index in [9.17, 15) is 4.79 Å². The predicted molar refractivity (Wildman–Crippen MR) is 73.9 cm³/mol. The van der Waals surface area contributed by atoms with Crippen molar-refractivity contribution < 1.29 is 9.53 Å². The minimum Gasteiger partial charge on any atom is -0.473 e. The third-order valence-electron chi connectivity index (χ3n) is 3.28. The Morgan fingerprint density at radius 1 is 1.58 bits per heavy atom. The molecule has 104 valence electrons. The summed E-state index contributed by atoms with van der Waals surface area (Å²) in [6.07, 6.45) is 3.67. The van der Waals surface area contributed by atoms with Gasteiger partial charge in [-0.3, -0.25) is 4.79 Å². The van der Waals surface area contributed by atoms with Gasteiger partial charge in [-0.2, -0.15) is 0 Å². The molecule has 19 heavy (non-hydrogen) atoms. The van der Waals surface area contributed by atoms with Crippen molar-refractivity contribution in [1.82, 2.24) is 4.98 Å². The van der Waals surface area contributed by atoms with Crippen LogP contribution < -0.4 is 15.8 Å². The van der Waals surface area contributed by atoms with Gasteiger partial charge in [-0.25, -0.2) is 4.98 Å². The van der Waals surface area contributed by atoms with Crippen LogP contribution in [-0.2, 0) is 4.79 Å². The van der Waals surface area contributed by atoms with Gasteiger partial charge >= 0.3 is 0 Å². The average Bonchev–Trinajstić information content (AvgIpc) is 3.15. The molecule has 1 heterocycles. The molecule has 2 rings (SSSR count). The quantitative estimate of drug-likeness (QED) is 0.851. The van der Waals surface area contributed by atoms with Crippen LogP contribution in [0.25, 0.3) is 0 Å². The molecule has 1 aromatic rings. The summed E-state index contributed by atoms with van der Waals surface area (Å²) in [5.41, 5.74) is 5.83. The zero-order valence-corrected chi connectivity index (χ0v) is 11.6. The molecule has 5 heteroatoms. The Balaban J connectivity index is 2.12. The molecule has 1 amide bonds. The minimum absolute atomic E-state index is 0.00163. The Bertz CT molecular complexity index is 468. The van der Waals surface area contributed by atoms with Crippen LogP contribution in [0.5, 0.6) is 5.88 Å². The van der Waals surface area contributed by atoms with Gasteiger partial charge in [0.1, 0.15) is 5.69 Å². The highest BCUT2D eigenvalue weighted by atomic mass is 16.5. The molecular weight excluding hydrogens is 242 g/mol. The molecule has 0 radical (unpaired) electrons. The van der Waals surface area contributed by atoms with Crippen molar-refractivity contribution in [3.05, 3.63) is 18.3 Å². The molecule has 0 saturated heterocycles. The Morgan fingerprint density at radius 2 is 2.26 bits per heavy atom. The summed E-state index contributed by atoms with van der Waals surface area (Å²) in [4.78, 5) is 16.4. The molecule has 1 aliphatic rings. The normalized spacial score (nSPS) is 17.9. The van der Waals surface area contributed by atoms with E-state index in [-0.39, 0.29) is 17.9 Å². The molecule has 0 bridgehead atoms. The van der Waals surface area contributed by atoms with Gasteiger partial charge in [0.15, 0.2) is 0 Å². The van der Waals surface area contributed by atoms with Gasteiger partial charge < -0.3 is 15.8 Å². The van der Waals surface area contributed by atoms with Crippen LogP contribution in [0.1, 0.15) is 33.6 Å². The number of nitrogens with two attached hydrogens (primary N) is 1. The fraction of sp³-hybridized carbons (Fsp3) is 0.571. The summed E-state index contributed by atoms with van der Waals surface area (Å²) >= 11 is 0. The zero-order valence-electron chi connectivity index (χ0n) is 11.6. The second-order valence-corrected chi connectivity index (χ2v) is 5.53. The largest absolute Gasteiger partial charge is 0.473 e. The minimum atomic E-state index is -0.828. The summed E-state index contributed by atoms with van der Waals surface area (Å²) in [5, 5.41) is 2.83. The lowest BCUT2D eigenvalue weighted by atomic mass is 9.96. The van der Waals surface area contributed by atoms with E-state index in [0.717, 1.165) is 12.8 Å². The molecule has 1 saturated carbocycles. The number of carbonyl (C=O) groups excluding carboxylic acids is 1. The van der Waals surface area contributed by atoms with E-state index in [2.05, 4.69) is 10.3 Å². The molecule has 0 aromatic carbocycles. The van der Waals surface area contributed by atoms with Crippen LogP contribution >= 0.6 is 0 Å². The summed E-state index contributed by atoms with van der Waals surface area (Å²) in [6.45, 7) is 5.61. The maximum Gasteiger partial charge on any atom is 0.244 e. The van der Waals surface area contributed by atoms with E-state index in [4.69, 9.17) is 10.5 Å². The number of rotatable bonds is 5. The Morgan fingerprint density at radius 3 is 2.84 bits per heavy atom. The molecule has 3 N–H and O–H groups in total. The van der Waals surface area contributed by atoms with Crippen LogP contribution in [-0.4, -0.2) is 22.5 Å². The fourth-order valence-corrected chi connectivity index (χ4v) is 1.93. The predicted octanol–water partition coefficient (Wildman–Crippen LogP) is 1.93.